The number of thiol groups is 1. The van der Waals surface area contributed by atoms with Gasteiger partial charge in [-0.2, -0.15) is 17.7 Å². The lowest BCUT2D eigenvalue weighted by Crippen LogP contribution is -2.19. The Kier molecular flexibility index (Phi) is 7.17. The van der Waals surface area contributed by atoms with Crippen LogP contribution in [0.1, 0.15) is 13.3 Å². The summed E-state index contributed by atoms with van der Waals surface area (Å²) in [5.41, 5.74) is 8.81. The second-order valence-electron chi connectivity index (χ2n) is 5.42. The summed E-state index contributed by atoms with van der Waals surface area (Å²) in [4.78, 5) is 11.8. The van der Waals surface area contributed by atoms with Crippen molar-refractivity contribution in [2.75, 3.05) is 12.0 Å². The Morgan fingerprint density at radius 2 is 1.96 bits per heavy atom. The molecule has 2 heterocycles. The van der Waals surface area contributed by atoms with Crippen molar-refractivity contribution in [2.24, 2.45) is 0 Å². The fourth-order valence-corrected chi connectivity index (χ4v) is 2.60. The molecule has 0 atom stereocenters. The first-order chi connectivity index (χ1) is 12.6. The maximum absolute atomic E-state index is 11.8. The van der Waals surface area contributed by atoms with Gasteiger partial charge < -0.3 is 14.6 Å². The molecule has 3 rings (SSSR count). The van der Waals surface area contributed by atoms with E-state index in [9.17, 15) is 4.79 Å². The van der Waals surface area contributed by atoms with Gasteiger partial charge in [-0.25, -0.2) is 4.68 Å². The third kappa shape index (κ3) is 4.42. The average Bonchev–Trinajstić information content (AvgIpc) is 3.16. The number of rotatable bonds is 5. The van der Waals surface area contributed by atoms with Gasteiger partial charge in [0, 0.05) is 30.6 Å². The molecule has 0 saturated carbocycles. The van der Waals surface area contributed by atoms with Crippen LogP contribution in [-0.4, -0.2) is 20.6 Å². The van der Waals surface area contributed by atoms with E-state index in [1.807, 2.05) is 19.2 Å². The van der Waals surface area contributed by atoms with Gasteiger partial charge in [0.1, 0.15) is 11.9 Å². The van der Waals surface area contributed by atoms with E-state index < -0.39 is 0 Å². The van der Waals surface area contributed by atoms with Crippen molar-refractivity contribution < 1.29 is 4.29 Å². The molecule has 0 saturated heterocycles. The summed E-state index contributed by atoms with van der Waals surface area (Å²) in [5, 5.41) is 4.37. The molecular weight excluding hydrogens is 372 g/mol. The molecule has 2 N–H and O–H groups in total. The van der Waals surface area contributed by atoms with E-state index in [1.54, 1.807) is 52.2 Å². The number of pyridine rings is 1. The Hall–Kier alpha value is -2.38. The molecule has 0 bridgehead atoms. The van der Waals surface area contributed by atoms with E-state index >= 15 is 0 Å². The van der Waals surface area contributed by atoms with Gasteiger partial charge in [0.2, 0.25) is 0 Å². The van der Waals surface area contributed by atoms with Crippen LogP contribution in [0, 0.1) is 0 Å². The summed E-state index contributed by atoms with van der Waals surface area (Å²) in [6.45, 7) is 2.71. The second kappa shape index (κ2) is 9.35. The van der Waals surface area contributed by atoms with Crippen LogP contribution in [0.2, 0.25) is 0 Å². The van der Waals surface area contributed by atoms with Crippen LogP contribution in [-0.2, 0) is 6.54 Å². The Morgan fingerprint density at radius 3 is 2.65 bits per heavy atom. The quantitative estimate of drug-likeness (QED) is 0.512. The number of aromatic nitrogens is 3. The van der Waals surface area contributed by atoms with E-state index in [0.717, 1.165) is 23.2 Å². The van der Waals surface area contributed by atoms with Crippen molar-refractivity contribution in [2.45, 2.75) is 19.9 Å². The zero-order valence-electron chi connectivity index (χ0n) is 14.6. The predicted octanol–water partition coefficient (Wildman–Crippen LogP) is 3.77. The first kappa shape index (κ1) is 19.9. The summed E-state index contributed by atoms with van der Waals surface area (Å²) in [6.07, 6.45) is 8.00. The van der Waals surface area contributed by atoms with Gasteiger partial charge in [0.05, 0.1) is 17.6 Å². The number of halogens is 1. The molecule has 8 heteroatoms. The highest BCUT2D eigenvalue weighted by Crippen LogP contribution is 2.29. The monoisotopic (exact) mass is 392 g/mol. The Bertz CT molecular complexity index is 924. The standard InChI is InChI=1S/C17H17ClN4O2.CH4S/c1-2-7-21-11-14(4-6-17(21)23)22-10-13(9-20-22)12-3-5-15(19)16(8-12)24-18;1-2/h3-6,8-11H,2,7,19H2,1H3;2H,1H3. The van der Waals surface area contributed by atoms with Crippen molar-refractivity contribution in [1.82, 2.24) is 14.3 Å². The molecule has 6 nitrogen and oxygen atoms in total. The fourth-order valence-electron chi connectivity index (χ4n) is 2.46. The third-order valence-electron chi connectivity index (χ3n) is 3.71. The molecule has 0 fully saturated rings. The first-order valence-corrected chi connectivity index (χ1v) is 9.21. The number of nitrogen functional groups attached to an aromatic ring is 1. The molecule has 0 unspecified atom stereocenters. The smallest absolute Gasteiger partial charge is 0.250 e. The predicted molar refractivity (Wildman–Crippen MR) is 109 cm³/mol. The minimum atomic E-state index is -0.0181. The molecule has 0 amide bonds. The minimum absolute atomic E-state index is 0.0181. The van der Waals surface area contributed by atoms with Crippen molar-refractivity contribution in [1.29, 1.82) is 0 Å². The van der Waals surface area contributed by atoms with Gasteiger partial charge in [0.15, 0.2) is 5.75 Å². The molecular formula is C18H21ClN4O2S. The van der Waals surface area contributed by atoms with Gasteiger partial charge in [-0.3, -0.25) is 4.79 Å². The number of benzene rings is 1. The molecule has 0 aliphatic rings. The van der Waals surface area contributed by atoms with Crippen molar-refractivity contribution >= 4 is 30.2 Å². The van der Waals surface area contributed by atoms with Gasteiger partial charge in [0.25, 0.3) is 5.56 Å². The lowest BCUT2D eigenvalue weighted by atomic mass is 10.1. The molecule has 138 valence electrons. The number of anilines is 1. The van der Waals surface area contributed by atoms with Crippen LogP contribution >= 0.6 is 24.5 Å². The topological polar surface area (TPSA) is 75.1 Å². The van der Waals surface area contributed by atoms with Crippen molar-refractivity contribution in [3.8, 4) is 22.6 Å². The van der Waals surface area contributed by atoms with Crippen molar-refractivity contribution in [3.63, 3.8) is 0 Å². The minimum Gasteiger partial charge on any atom is -0.396 e. The zero-order chi connectivity index (χ0) is 19.1. The van der Waals surface area contributed by atoms with Crippen LogP contribution in [0.25, 0.3) is 16.8 Å². The number of hydrogen-bond donors (Lipinski definition) is 2. The molecule has 3 aromatic rings. The summed E-state index contributed by atoms with van der Waals surface area (Å²) in [6, 6.07) is 8.65. The van der Waals surface area contributed by atoms with Gasteiger partial charge in [-0.15, -0.1) is 0 Å². The van der Waals surface area contributed by atoms with E-state index in [1.165, 1.54) is 0 Å². The van der Waals surface area contributed by atoms with Crippen LogP contribution in [0.15, 0.2) is 53.7 Å². The van der Waals surface area contributed by atoms with E-state index in [0.29, 0.717) is 18.0 Å². The summed E-state index contributed by atoms with van der Waals surface area (Å²) in [7, 11) is 0. The largest absolute Gasteiger partial charge is 0.396 e. The Morgan fingerprint density at radius 1 is 1.19 bits per heavy atom. The van der Waals surface area contributed by atoms with Gasteiger partial charge >= 0.3 is 0 Å². The summed E-state index contributed by atoms with van der Waals surface area (Å²) >= 11 is 8.95. The highest BCUT2D eigenvalue weighted by Gasteiger charge is 2.08. The zero-order valence-corrected chi connectivity index (χ0v) is 16.2. The van der Waals surface area contributed by atoms with E-state index in [4.69, 9.17) is 21.9 Å². The summed E-state index contributed by atoms with van der Waals surface area (Å²) < 4.78 is 8.14. The molecule has 1 aromatic carbocycles. The number of hydrogen-bond acceptors (Lipinski definition) is 5. The molecule has 0 aliphatic heterocycles. The maximum Gasteiger partial charge on any atom is 0.250 e. The summed E-state index contributed by atoms with van der Waals surface area (Å²) in [5.74, 6) is 0.401. The van der Waals surface area contributed by atoms with Crippen LogP contribution in [0.4, 0.5) is 5.69 Å². The molecule has 0 aliphatic carbocycles. The number of aryl methyl sites for hydroxylation is 1. The van der Waals surface area contributed by atoms with Gasteiger partial charge in [-0.1, -0.05) is 13.0 Å². The highest BCUT2D eigenvalue weighted by atomic mass is 35.5. The van der Waals surface area contributed by atoms with Crippen LogP contribution in [0.5, 0.6) is 5.75 Å². The fraction of sp³-hybridized carbons (Fsp3) is 0.222. The van der Waals surface area contributed by atoms with Gasteiger partial charge in [-0.05, 0) is 36.4 Å². The second-order valence-corrected chi connectivity index (χ2v) is 5.58. The number of nitrogens with two attached hydrogens (primary N) is 1. The third-order valence-corrected chi connectivity index (χ3v) is 3.88. The average molecular weight is 393 g/mol. The molecule has 0 radical (unpaired) electrons. The molecule has 26 heavy (non-hydrogen) atoms. The van der Waals surface area contributed by atoms with Crippen LogP contribution in [0.3, 0.4) is 0 Å². The van der Waals surface area contributed by atoms with Crippen LogP contribution < -0.4 is 15.6 Å². The van der Waals surface area contributed by atoms with Crippen molar-refractivity contribution in [3.05, 3.63) is 59.3 Å². The highest BCUT2D eigenvalue weighted by molar-refractivity contribution is 7.79. The lowest BCUT2D eigenvalue weighted by Gasteiger charge is -2.07. The molecule has 0 spiro atoms. The first-order valence-electron chi connectivity index (χ1n) is 8.01. The normalized spacial score (nSPS) is 10.2. The Balaban J connectivity index is 0.00000117. The maximum atomic E-state index is 11.8. The van der Waals surface area contributed by atoms with E-state index in [-0.39, 0.29) is 5.56 Å². The number of nitrogens with zero attached hydrogens (tertiary/aromatic N) is 3. The lowest BCUT2D eigenvalue weighted by molar-refractivity contribution is 0.622. The molecule has 2 aromatic heterocycles. The van der Waals surface area contributed by atoms with E-state index in [2.05, 4.69) is 17.7 Å². The SMILES string of the molecule is CCCn1cc(-n2cc(-c3ccc(N)c(OCl)c3)cn2)ccc1=O.CS. The Labute approximate surface area is 162 Å².